The van der Waals surface area contributed by atoms with Gasteiger partial charge in [0.05, 0.1) is 11.7 Å². The quantitative estimate of drug-likeness (QED) is 0.787. The zero-order chi connectivity index (χ0) is 16.8. The molecule has 0 aromatic heterocycles. The predicted octanol–water partition coefficient (Wildman–Crippen LogP) is 2.82. The molecule has 2 aliphatic heterocycles. The van der Waals surface area contributed by atoms with Crippen molar-refractivity contribution < 1.29 is 14.4 Å². The van der Waals surface area contributed by atoms with E-state index in [9.17, 15) is 9.59 Å². The van der Waals surface area contributed by atoms with Crippen LogP contribution < -0.4 is 5.06 Å². The van der Waals surface area contributed by atoms with Crippen molar-refractivity contribution >= 4 is 29.1 Å². The Labute approximate surface area is 144 Å². The highest BCUT2D eigenvalue weighted by Crippen LogP contribution is 2.46. The molecular formula is C18H15ClN2O3. The van der Waals surface area contributed by atoms with Crippen molar-refractivity contribution in [2.75, 3.05) is 12.1 Å². The summed E-state index contributed by atoms with van der Waals surface area (Å²) in [6, 6.07) is 16.4. The second-order valence-electron chi connectivity index (χ2n) is 5.95. The van der Waals surface area contributed by atoms with E-state index in [4.69, 9.17) is 16.4 Å². The maximum Gasteiger partial charge on any atom is 0.261 e. The summed E-state index contributed by atoms with van der Waals surface area (Å²) in [6.45, 7) is 0. The third-order valence-electron chi connectivity index (χ3n) is 4.56. The number of nitrogens with zero attached hydrogens (tertiary/aromatic N) is 2. The van der Waals surface area contributed by atoms with Crippen LogP contribution in [0.2, 0.25) is 5.02 Å². The van der Waals surface area contributed by atoms with Crippen molar-refractivity contribution in [1.29, 1.82) is 0 Å². The lowest BCUT2D eigenvalue weighted by Crippen LogP contribution is -2.34. The summed E-state index contributed by atoms with van der Waals surface area (Å²) in [5.41, 5.74) is 1.68. The molecule has 3 atom stereocenters. The Morgan fingerprint density at radius 2 is 1.62 bits per heavy atom. The van der Waals surface area contributed by atoms with Gasteiger partial charge in [-0.15, -0.1) is 0 Å². The second kappa shape index (κ2) is 5.61. The maximum absolute atomic E-state index is 12.6. The van der Waals surface area contributed by atoms with Gasteiger partial charge < -0.3 is 0 Å². The summed E-state index contributed by atoms with van der Waals surface area (Å²) < 4.78 is 0. The molecule has 0 N–H and O–H groups in total. The van der Waals surface area contributed by atoms with E-state index >= 15 is 0 Å². The molecule has 2 amide bonds. The van der Waals surface area contributed by atoms with Crippen LogP contribution in [0.25, 0.3) is 0 Å². The number of carbonyl (C=O) groups excluding carboxylic acids is 2. The van der Waals surface area contributed by atoms with Gasteiger partial charge in [0, 0.05) is 12.1 Å². The molecule has 122 valence electrons. The number of rotatable bonds is 2. The number of anilines is 1. The monoisotopic (exact) mass is 342 g/mol. The summed E-state index contributed by atoms with van der Waals surface area (Å²) in [5, 5.41) is 2.27. The van der Waals surface area contributed by atoms with Crippen LogP contribution in [0.3, 0.4) is 0 Å². The standard InChI is InChI=1S/C18H15ClN2O3/c1-20-17(22)14-15(11-5-3-2-4-6-11)21(24-16(14)18(20)23)13-9-7-12(19)8-10-13/h2-10,14-16H,1H3/t14-,15+,16+/m0/s1. The number of benzene rings is 2. The Bertz CT molecular complexity index is 794. The number of hydrogen-bond acceptors (Lipinski definition) is 4. The fraction of sp³-hybridized carbons (Fsp3) is 0.222. The number of imide groups is 1. The summed E-state index contributed by atoms with van der Waals surface area (Å²) in [6.07, 6.45) is -0.789. The summed E-state index contributed by atoms with van der Waals surface area (Å²) in [5.74, 6) is -1.07. The molecule has 2 aromatic carbocycles. The van der Waals surface area contributed by atoms with E-state index in [0.717, 1.165) is 16.2 Å². The molecule has 6 heteroatoms. The molecule has 0 bridgehead atoms. The van der Waals surface area contributed by atoms with E-state index in [1.165, 1.54) is 7.05 Å². The zero-order valence-corrected chi connectivity index (χ0v) is 13.7. The molecule has 2 heterocycles. The van der Waals surface area contributed by atoms with Crippen LogP contribution in [0, 0.1) is 5.92 Å². The molecule has 24 heavy (non-hydrogen) atoms. The average Bonchev–Trinajstić information content (AvgIpc) is 3.09. The Hall–Kier alpha value is -2.37. The largest absolute Gasteiger partial charge is 0.283 e. The van der Waals surface area contributed by atoms with E-state index < -0.39 is 12.0 Å². The summed E-state index contributed by atoms with van der Waals surface area (Å²) >= 11 is 5.96. The smallest absolute Gasteiger partial charge is 0.261 e. The first-order valence-corrected chi connectivity index (χ1v) is 8.03. The van der Waals surface area contributed by atoms with Crippen LogP contribution in [0.4, 0.5) is 5.69 Å². The molecule has 2 aliphatic rings. The van der Waals surface area contributed by atoms with Gasteiger partial charge in [-0.2, -0.15) is 0 Å². The fourth-order valence-electron chi connectivity index (χ4n) is 3.35. The number of hydrogen-bond donors (Lipinski definition) is 0. The highest BCUT2D eigenvalue weighted by atomic mass is 35.5. The second-order valence-corrected chi connectivity index (χ2v) is 6.38. The van der Waals surface area contributed by atoms with Crippen LogP contribution >= 0.6 is 11.6 Å². The van der Waals surface area contributed by atoms with Gasteiger partial charge >= 0.3 is 0 Å². The van der Waals surface area contributed by atoms with Crippen molar-refractivity contribution in [2.24, 2.45) is 5.92 Å². The van der Waals surface area contributed by atoms with Crippen LogP contribution in [0.1, 0.15) is 11.6 Å². The molecule has 0 radical (unpaired) electrons. The summed E-state index contributed by atoms with van der Waals surface area (Å²) in [4.78, 5) is 32.0. The van der Waals surface area contributed by atoms with Crippen LogP contribution in [-0.4, -0.2) is 29.9 Å². The Balaban J connectivity index is 1.80. The normalized spacial score (nSPS) is 26.2. The minimum atomic E-state index is -0.789. The highest BCUT2D eigenvalue weighted by Gasteiger charge is 2.58. The molecule has 0 unspecified atom stereocenters. The fourth-order valence-corrected chi connectivity index (χ4v) is 3.48. The molecule has 0 aliphatic carbocycles. The SMILES string of the molecule is CN1C(=O)[C@H]2[C@@H](c3ccccc3)N(c3ccc(Cl)cc3)O[C@H]2C1=O. The van der Waals surface area contributed by atoms with Crippen molar-refractivity contribution in [1.82, 2.24) is 4.90 Å². The average molecular weight is 343 g/mol. The van der Waals surface area contributed by atoms with E-state index in [1.807, 2.05) is 42.5 Å². The number of halogens is 1. The van der Waals surface area contributed by atoms with Gasteiger partial charge in [0.1, 0.15) is 5.92 Å². The van der Waals surface area contributed by atoms with Gasteiger partial charge in [-0.1, -0.05) is 41.9 Å². The topological polar surface area (TPSA) is 49.9 Å². The zero-order valence-electron chi connectivity index (χ0n) is 12.9. The van der Waals surface area contributed by atoms with Gasteiger partial charge in [-0.05, 0) is 29.8 Å². The van der Waals surface area contributed by atoms with Crippen molar-refractivity contribution in [3.63, 3.8) is 0 Å². The van der Waals surface area contributed by atoms with Crippen LogP contribution in [-0.2, 0) is 14.4 Å². The Morgan fingerprint density at radius 3 is 2.29 bits per heavy atom. The predicted molar refractivity (Wildman–Crippen MR) is 89.3 cm³/mol. The number of likely N-dealkylation sites (tertiary alicyclic amines) is 1. The lowest BCUT2D eigenvalue weighted by atomic mass is 9.90. The lowest BCUT2D eigenvalue weighted by molar-refractivity contribution is -0.141. The molecule has 0 saturated carbocycles. The number of likely N-dealkylation sites (N-methyl/N-ethyl adjacent to an activating group) is 1. The highest BCUT2D eigenvalue weighted by molar-refractivity contribution is 6.30. The van der Waals surface area contributed by atoms with Crippen LogP contribution in [0.15, 0.2) is 54.6 Å². The first-order chi connectivity index (χ1) is 11.6. The van der Waals surface area contributed by atoms with Gasteiger partial charge in [0.25, 0.3) is 5.91 Å². The van der Waals surface area contributed by atoms with E-state index in [0.29, 0.717) is 5.02 Å². The molecule has 2 aromatic rings. The van der Waals surface area contributed by atoms with E-state index in [2.05, 4.69) is 0 Å². The molecule has 0 spiro atoms. The maximum atomic E-state index is 12.6. The minimum Gasteiger partial charge on any atom is -0.283 e. The number of carbonyl (C=O) groups is 2. The van der Waals surface area contributed by atoms with Crippen molar-refractivity contribution in [3.05, 3.63) is 65.2 Å². The third kappa shape index (κ3) is 2.20. The third-order valence-corrected chi connectivity index (χ3v) is 4.81. The molecular weight excluding hydrogens is 328 g/mol. The molecule has 4 rings (SSSR count). The van der Waals surface area contributed by atoms with E-state index in [1.54, 1.807) is 17.2 Å². The molecule has 2 fully saturated rings. The van der Waals surface area contributed by atoms with Gasteiger partial charge in [0.2, 0.25) is 5.91 Å². The Kier molecular flexibility index (Phi) is 3.55. The molecule has 2 saturated heterocycles. The van der Waals surface area contributed by atoms with Gasteiger partial charge in [-0.3, -0.25) is 19.3 Å². The lowest BCUT2D eigenvalue weighted by Gasteiger charge is -2.28. The van der Waals surface area contributed by atoms with Gasteiger partial charge in [0.15, 0.2) is 6.10 Å². The Morgan fingerprint density at radius 1 is 0.958 bits per heavy atom. The first kappa shape index (κ1) is 15.2. The minimum absolute atomic E-state index is 0.213. The van der Waals surface area contributed by atoms with Crippen LogP contribution in [0.5, 0.6) is 0 Å². The number of amides is 2. The van der Waals surface area contributed by atoms with Crippen molar-refractivity contribution in [2.45, 2.75) is 12.1 Å². The number of fused-ring (bicyclic) bond motifs is 1. The first-order valence-electron chi connectivity index (χ1n) is 7.66. The van der Waals surface area contributed by atoms with Gasteiger partial charge in [-0.25, -0.2) is 5.06 Å². The van der Waals surface area contributed by atoms with E-state index in [-0.39, 0.29) is 17.9 Å². The van der Waals surface area contributed by atoms with Crippen molar-refractivity contribution in [3.8, 4) is 0 Å². The summed E-state index contributed by atoms with van der Waals surface area (Å²) in [7, 11) is 1.50. The molecule has 5 nitrogen and oxygen atoms in total. The number of hydroxylamine groups is 1.